The highest BCUT2D eigenvalue weighted by molar-refractivity contribution is 5.89. The molecule has 0 aliphatic carbocycles. The Balaban J connectivity index is 1.56. The minimum absolute atomic E-state index is 0.00301. The number of nitrogens with zero attached hydrogens (tertiary/aromatic N) is 2. The van der Waals surface area contributed by atoms with Crippen LogP contribution in [0.15, 0.2) is 138 Å². The van der Waals surface area contributed by atoms with E-state index >= 15 is 0 Å². The summed E-state index contributed by atoms with van der Waals surface area (Å²) in [7, 11) is 0. The number of aromatic nitrogens is 2. The molecule has 230 valence electrons. The molecule has 0 saturated carbocycles. The van der Waals surface area contributed by atoms with Gasteiger partial charge in [-0.05, 0) is 34.9 Å². The number of rotatable bonds is 13. The molecule has 0 fully saturated rings. The summed E-state index contributed by atoms with van der Waals surface area (Å²) < 4.78 is 48.6. The first kappa shape index (κ1) is 31.2. The van der Waals surface area contributed by atoms with Gasteiger partial charge in [-0.1, -0.05) is 109 Å². The van der Waals surface area contributed by atoms with Crippen LogP contribution >= 0.6 is 0 Å². The number of alkyl halides is 2. The van der Waals surface area contributed by atoms with E-state index in [9.17, 15) is 18.4 Å². The molecule has 5 rings (SSSR count). The second-order valence-corrected chi connectivity index (χ2v) is 10.1. The number of benzene rings is 4. The summed E-state index contributed by atoms with van der Waals surface area (Å²) in [6.07, 6.45) is -5.42. The van der Waals surface area contributed by atoms with E-state index in [1.165, 1.54) is 24.4 Å². The first-order valence-corrected chi connectivity index (χ1v) is 14.2. The molecule has 0 radical (unpaired) electrons. The number of halogens is 2. The predicted octanol–water partition coefficient (Wildman–Crippen LogP) is 5.67. The average Bonchev–Trinajstić information content (AvgIpc) is 3.08. The second kappa shape index (κ2) is 14.5. The SMILES string of the molecule is Nc1ccn(CO[C@H](COC(c2ccccc2)(c2ccccc2)c2ccccc2)[C@H](OC(=O)c2ccccc2)C(F)F)c(=O)n1. The van der Waals surface area contributed by atoms with E-state index in [0.29, 0.717) is 0 Å². The Morgan fingerprint density at radius 1 is 0.778 bits per heavy atom. The molecule has 5 aromatic rings. The lowest BCUT2D eigenvalue weighted by Gasteiger charge is -2.38. The first-order valence-electron chi connectivity index (χ1n) is 14.2. The smallest absolute Gasteiger partial charge is 0.351 e. The highest BCUT2D eigenvalue weighted by Gasteiger charge is 2.41. The number of anilines is 1. The zero-order chi connectivity index (χ0) is 31.6. The van der Waals surface area contributed by atoms with Gasteiger partial charge in [0.25, 0.3) is 6.43 Å². The second-order valence-electron chi connectivity index (χ2n) is 10.1. The van der Waals surface area contributed by atoms with Crippen LogP contribution in [-0.4, -0.2) is 40.8 Å². The minimum Gasteiger partial charge on any atom is -0.450 e. The van der Waals surface area contributed by atoms with E-state index in [4.69, 9.17) is 19.9 Å². The number of ether oxygens (including phenoxy) is 3. The topological polar surface area (TPSA) is 106 Å². The maximum Gasteiger partial charge on any atom is 0.351 e. The third kappa shape index (κ3) is 7.31. The van der Waals surface area contributed by atoms with Crippen molar-refractivity contribution < 1.29 is 27.8 Å². The van der Waals surface area contributed by atoms with Crippen molar-refractivity contribution in [2.75, 3.05) is 12.3 Å². The van der Waals surface area contributed by atoms with Crippen LogP contribution in [0.1, 0.15) is 27.0 Å². The van der Waals surface area contributed by atoms with Gasteiger partial charge in [0, 0.05) is 6.20 Å². The van der Waals surface area contributed by atoms with Crippen molar-refractivity contribution in [3.8, 4) is 0 Å². The van der Waals surface area contributed by atoms with Gasteiger partial charge in [-0.3, -0.25) is 4.57 Å². The van der Waals surface area contributed by atoms with Crippen molar-refractivity contribution in [3.05, 3.63) is 166 Å². The Morgan fingerprint density at radius 3 is 1.73 bits per heavy atom. The van der Waals surface area contributed by atoms with E-state index in [1.54, 1.807) is 18.2 Å². The third-order valence-corrected chi connectivity index (χ3v) is 7.20. The summed E-state index contributed by atoms with van der Waals surface area (Å²) >= 11 is 0. The number of esters is 1. The number of nitrogens with two attached hydrogens (primary N) is 1. The van der Waals surface area contributed by atoms with Crippen molar-refractivity contribution >= 4 is 11.8 Å². The summed E-state index contributed by atoms with van der Waals surface area (Å²) in [5, 5.41) is 0. The summed E-state index contributed by atoms with van der Waals surface area (Å²) in [5.74, 6) is -0.960. The maximum absolute atomic E-state index is 14.8. The standard InChI is InChI=1S/C35H31F2N3O5/c36-32(37)31(45-33(41)25-13-5-1-6-14-25)29(43-24-40-22-21-30(38)39-34(40)42)23-44-35(26-15-7-2-8-16-26,27-17-9-3-10-18-27)28-19-11-4-12-20-28/h1-22,29,31-32H,23-24H2,(H2,38,39,42)/t29-,31+/m1/s1. The number of carbonyl (C=O) groups excluding carboxylic acids is 1. The summed E-state index contributed by atoms with van der Waals surface area (Å²) in [6, 6.07) is 37.2. The van der Waals surface area contributed by atoms with Crippen molar-refractivity contribution in [1.82, 2.24) is 9.55 Å². The molecule has 45 heavy (non-hydrogen) atoms. The lowest BCUT2D eigenvalue weighted by atomic mass is 9.80. The van der Waals surface area contributed by atoms with Crippen LogP contribution in [0.3, 0.4) is 0 Å². The zero-order valence-electron chi connectivity index (χ0n) is 24.1. The van der Waals surface area contributed by atoms with E-state index in [-0.39, 0.29) is 11.4 Å². The number of nitrogen functional groups attached to an aromatic ring is 1. The van der Waals surface area contributed by atoms with Gasteiger partial charge in [0.05, 0.1) is 12.2 Å². The highest BCUT2D eigenvalue weighted by Crippen LogP contribution is 2.41. The maximum atomic E-state index is 14.8. The molecule has 0 aliphatic rings. The van der Waals surface area contributed by atoms with E-state index in [0.717, 1.165) is 21.3 Å². The molecule has 0 spiro atoms. The molecule has 4 aromatic carbocycles. The largest absolute Gasteiger partial charge is 0.450 e. The molecule has 8 nitrogen and oxygen atoms in total. The predicted molar refractivity (Wildman–Crippen MR) is 165 cm³/mol. The molecular formula is C35H31F2N3O5. The Hall–Kier alpha value is -5.19. The fourth-order valence-electron chi connectivity index (χ4n) is 4.99. The number of hydrogen-bond donors (Lipinski definition) is 1. The van der Waals surface area contributed by atoms with Crippen molar-refractivity contribution in [1.29, 1.82) is 0 Å². The molecule has 2 N–H and O–H groups in total. The van der Waals surface area contributed by atoms with Crippen LogP contribution in [0.4, 0.5) is 14.6 Å². The number of hydrogen-bond acceptors (Lipinski definition) is 7. The van der Waals surface area contributed by atoms with Crippen molar-refractivity contribution in [3.63, 3.8) is 0 Å². The molecule has 10 heteroatoms. The van der Waals surface area contributed by atoms with E-state index in [2.05, 4.69) is 4.98 Å². The van der Waals surface area contributed by atoms with Crippen LogP contribution in [0.25, 0.3) is 0 Å². The van der Waals surface area contributed by atoms with Crippen LogP contribution in [0.2, 0.25) is 0 Å². The van der Waals surface area contributed by atoms with Crippen molar-refractivity contribution in [2.24, 2.45) is 0 Å². The molecule has 2 atom stereocenters. The van der Waals surface area contributed by atoms with E-state index in [1.807, 2.05) is 91.0 Å². The lowest BCUT2D eigenvalue weighted by Crippen LogP contribution is -2.45. The van der Waals surface area contributed by atoms with Gasteiger partial charge < -0.3 is 19.9 Å². The quantitative estimate of drug-likeness (QED) is 0.135. The average molecular weight is 612 g/mol. The molecular weight excluding hydrogens is 580 g/mol. The molecule has 0 unspecified atom stereocenters. The van der Waals surface area contributed by atoms with Gasteiger partial charge in [-0.15, -0.1) is 0 Å². The van der Waals surface area contributed by atoms with Gasteiger partial charge in [0.2, 0.25) is 0 Å². The summed E-state index contributed by atoms with van der Waals surface area (Å²) in [5.41, 5.74) is 5.87. The van der Waals surface area contributed by atoms with Gasteiger partial charge in [0.1, 0.15) is 24.3 Å². The normalized spacial score (nSPS) is 12.9. The Morgan fingerprint density at radius 2 is 1.27 bits per heavy atom. The van der Waals surface area contributed by atoms with Gasteiger partial charge >= 0.3 is 11.7 Å². The van der Waals surface area contributed by atoms with E-state index < -0.39 is 49.2 Å². The van der Waals surface area contributed by atoms with Crippen LogP contribution in [-0.2, 0) is 26.5 Å². The summed E-state index contributed by atoms with van der Waals surface area (Å²) in [4.78, 5) is 29.0. The Kier molecular flexibility index (Phi) is 10.1. The molecule has 1 heterocycles. The van der Waals surface area contributed by atoms with Crippen LogP contribution < -0.4 is 11.4 Å². The molecule has 0 amide bonds. The Bertz CT molecular complexity index is 1630. The summed E-state index contributed by atoms with van der Waals surface area (Å²) in [6.45, 7) is -0.950. The number of carbonyl (C=O) groups is 1. The lowest BCUT2D eigenvalue weighted by molar-refractivity contribution is -0.158. The highest BCUT2D eigenvalue weighted by atomic mass is 19.3. The minimum atomic E-state index is -3.16. The fourth-order valence-corrected chi connectivity index (χ4v) is 4.99. The molecule has 1 aromatic heterocycles. The van der Waals surface area contributed by atoms with Gasteiger partial charge in [0.15, 0.2) is 6.10 Å². The van der Waals surface area contributed by atoms with Gasteiger partial charge in [-0.2, -0.15) is 4.98 Å². The Labute approximate surface area is 258 Å². The molecule has 0 bridgehead atoms. The fraction of sp³-hybridized carbons (Fsp3) is 0.171. The molecule has 0 saturated heterocycles. The van der Waals surface area contributed by atoms with Gasteiger partial charge in [-0.25, -0.2) is 18.4 Å². The van der Waals surface area contributed by atoms with Crippen molar-refractivity contribution in [2.45, 2.75) is 31.0 Å². The molecule has 0 aliphatic heterocycles. The third-order valence-electron chi connectivity index (χ3n) is 7.20. The monoisotopic (exact) mass is 611 g/mol. The van der Waals surface area contributed by atoms with Crippen LogP contribution in [0, 0.1) is 0 Å². The first-order chi connectivity index (χ1) is 21.9. The zero-order valence-corrected chi connectivity index (χ0v) is 24.1. The van der Waals surface area contributed by atoms with Crippen LogP contribution in [0.5, 0.6) is 0 Å².